The Hall–Kier alpha value is -2.12. The minimum Gasteiger partial charge on any atom is -0.496 e. The molecule has 0 radical (unpaired) electrons. The highest BCUT2D eigenvalue weighted by atomic mass is 35.5. The van der Waals surface area contributed by atoms with Crippen LogP contribution in [0.1, 0.15) is 66.5 Å². The Labute approximate surface area is 187 Å². The third kappa shape index (κ3) is 4.44. The third-order valence-electron chi connectivity index (χ3n) is 6.83. The summed E-state index contributed by atoms with van der Waals surface area (Å²) in [5, 5.41) is 4.72. The molecule has 7 nitrogen and oxygen atoms in total. The van der Waals surface area contributed by atoms with E-state index < -0.39 is 0 Å². The molecular weight excluding hydrogens is 418 g/mol. The van der Waals surface area contributed by atoms with Crippen molar-refractivity contribution in [2.45, 2.75) is 56.5 Å². The number of carbonyl (C=O) groups is 1. The number of halogens is 1. The van der Waals surface area contributed by atoms with Crippen LogP contribution in [0.2, 0.25) is 5.02 Å². The molecule has 3 heterocycles. The second-order valence-corrected chi connectivity index (χ2v) is 9.49. The van der Waals surface area contributed by atoms with E-state index >= 15 is 0 Å². The lowest BCUT2D eigenvalue weighted by atomic mass is 9.78. The van der Waals surface area contributed by atoms with Crippen LogP contribution in [0, 0.1) is 5.92 Å². The summed E-state index contributed by atoms with van der Waals surface area (Å²) in [4.78, 5) is 19.6. The molecule has 1 saturated carbocycles. The minimum absolute atomic E-state index is 0.0408. The summed E-state index contributed by atoms with van der Waals surface area (Å²) < 4.78 is 17.1. The molecule has 3 fully saturated rings. The second-order valence-electron chi connectivity index (χ2n) is 9.05. The zero-order chi connectivity index (χ0) is 21.4. The molecule has 166 valence electrons. The van der Waals surface area contributed by atoms with Gasteiger partial charge in [0.2, 0.25) is 5.89 Å². The van der Waals surface area contributed by atoms with Gasteiger partial charge in [-0.3, -0.25) is 4.79 Å². The summed E-state index contributed by atoms with van der Waals surface area (Å²) in [6, 6.07) is 5.15. The summed E-state index contributed by atoms with van der Waals surface area (Å²) in [5.74, 6) is 3.11. The smallest absolute Gasteiger partial charge is 0.257 e. The van der Waals surface area contributed by atoms with Gasteiger partial charge >= 0.3 is 0 Å². The maximum Gasteiger partial charge on any atom is 0.257 e. The number of hydrogen-bond donors (Lipinski definition) is 0. The number of nitrogens with zero attached hydrogens (tertiary/aromatic N) is 3. The van der Waals surface area contributed by atoms with E-state index in [0.29, 0.717) is 41.3 Å². The van der Waals surface area contributed by atoms with E-state index in [4.69, 9.17) is 25.6 Å². The van der Waals surface area contributed by atoms with E-state index in [1.54, 1.807) is 25.3 Å². The van der Waals surface area contributed by atoms with Crippen molar-refractivity contribution in [1.29, 1.82) is 0 Å². The zero-order valence-corrected chi connectivity index (χ0v) is 18.6. The number of amides is 1. The lowest BCUT2D eigenvalue weighted by molar-refractivity contribution is -0.123. The Balaban J connectivity index is 1.20. The van der Waals surface area contributed by atoms with Crippen LogP contribution >= 0.6 is 11.6 Å². The SMILES string of the molecule is COc1ccc(Cl)cc1C(=O)N1CCC2(CC1)CC(Cc1noc(C3CC3)n1)CCO2. The Morgan fingerprint density at radius 2 is 2.10 bits per heavy atom. The van der Waals surface area contributed by atoms with Gasteiger partial charge in [0.1, 0.15) is 5.75 Å². The predicted molar refractivity (Wildman–Crippen MR) is 115 cm³/mol. The van der Waals surface area contributed by atoms with Crippen LogP contribution in [0.4, 0.5) is 0 Å². The highest BCUT2D eigenvalue weighted by Crippen LogP contribution is 2.41. The van der Waals surface area contributed by atoms with Gasteiger partial charge in [-0.2, -0.15) is 4.98 Å². The van der Waals surface area contributed by atoms with Gasteiger partial charge in [-0.25, -0.2) is 0 Å². The molecule has 3 aliphatic rings. The summed E-state index contributed by atoms with van der Waals surface area (Å²) in [6.07, 6.45) is 6.82. The van der Waals surface area contributed by atoms with Crippen molar-refractivity contribution in [2.24, 2.45) is 5.92 Å². The number of likely N-dealkylation sites (tertiary alicyclic amines) is 1. The van der Waals surface area contributed by atoms with Crippen LogP contribution in [0.5, 0.6) is 5.75 Å². The largest absolute Gasteiger partial charge is 0.496 e. The highest BCUT2D eigenvalue weighted by Gasteiger charge is 2.42. The Morgan fingerprint density at radius 1 is 1.29 bits per heavy atom. The molecule has 1 aliphatic carbocycles. The quantitative estimate of drug-likeness (QED) is 0.684. The molecule has 2 aromatic rings. The number of methoxy groups -OCH3 is 1. The average molecular weight is 446 g/mol. The zero-order valence-electron chi connectivity index (χ0n) is 17.8. The van der Waals surface area contributed by atoms with Crippen molar-refractivity contribution in [2.75, 3.05) is 26.8 Å². The minimum atomic E-state index is -0.166. The van der Waals surface area contributed by atoms with Gasteiger partial charge in [0.15, 0.2) is 5.82 Å². The Bertz CT molecular complexity index is 950. The molecule has 2 aliphatic heterocycles. The van der Waals surface area contributed by atoms with Crippen molar-refractivity contribution in [1.82, 2.24) is 15.0 Å². The molecule has 0 bridgehead atoms. The predicted octanol–water partition coefficient (Wildman–Crippen LogP) is 4.25. The molecule has 2 saturated heterocycles. The van der Waals surface area contributed by atoms with E-state index in [0.717, 1.165) is 63.3 Å². The number of piperidine rings is 1. The molecular formula is C23H28ClN3O4. The first kappa shape index (κ1) is 20.8. The summed E-state index contributed by atoms with van der Waals surface area (Å²) in [7, 11) is 1.57. The van der Waals surface area contributed by atoms with Crippen molar-refractivity contribution in [3.8, 4) is 5.75 Å². The van der Waals surface area contributed by atoms with E-state index in [1.165, 1.54) is 0 Å². The first-order chi connectivity index (χ1) is 15.0. The van der Waals surface area contributed by atoms with Crippen LogP contribution in [0.15, 0.2) is 22.7 Å². The second kappa shape index (κ2) is 8.43. The lowest BCUT2D eigenvalue weighted by Crippen LogP contribution is -2.51. The van der Waals surface area contributed by atoms with E-state index in [1.807, 2.05) is 4.90 Å². The molecule has 1 aromatic carbocycles. The van der Waals surface area contributed by atoms with Gasteiger partial charge in [0, 0.05) is 37.1 Å². The molecule has 0 N–H and O–H groups in total. The standard InChI is InChI=1S/C23H28ClN3O4/c1-29-19-5-4-17(24)13-18(19)22(28)27-9-7-23(8-10-27)14-15(6-11-30-23)12-20-25-21(31-26-20)16-2-3-16/h4-5,13,15-16H,2-3,6-12,14H2,1H3. The van der Waals surface area contributed by atoms with Crippen LogP contribution in [-0.4, -0.2) is 53.4 Å². The summed E-state index contributed by atoms with van der Waals surface area (Å²) in [6.45, 7) is 2.07. The van der Waals surface area contributed by atoms with Crippen molar-refractivity contribution < 1.29 is 18.8 Å². The topological polar surface area (TPSA) is 77.7 Å². The lowest BCUT2D eigenvalue weighted by Gasteiger charge is -2.46. The molecule has 1 amide bonds. The summed E-state index contributed by atoms with van der Waals surface area (Å²) in [5.41, 5.74) is 0.346. The van der Waals surface area contributed by atoms with Crippen LogP contribution in [-0.2, 0) is 11.2 Å². The number of carbonyl (C=O) groups excluding carboxylic acids is 1. The molecule has 5 rings (SSSR count). The number of benzene rings is 1. The number of aromatic nitrogens is 2. The van der Waals surface area contributed by atoms with Gasteiger partial charge in [0.05, 0.1) is 18.3 Å². The van der Waals surface area contributed by atoms with Crippen LogP contribution in [0.3, 0.4) is 0 Å². The third-order valence-corrected chi connectivity index (χ3v) is 7.07. The molecule has 31 heavy (non-hydrogen) atoms. The fourth-order valence-electron chi connectivity index (χ4n) is 4.89. The van der Waals surface area contributed by atoms with Crippen molar-refractivity contribution in [3.63, 3.8) is 0 Å². The fourth-order valence-corrected chi connectivity index (χ4v) is 5.06. The number of hydrogen-bond acceptors (Lipinski definition) is 6. The number of ether oxygens (including phenoxy) is 2. The monoisotopic (exact) mass is 445 g/mol. The van der Waals surface area contributed by atoms with E-state index in [2.05, 4.69) is 10.1 Å². The molecule has 1 spiro atoms. The van der Waals surface area contributed by atoms with Gasteiger partial charge in [-0.15, -0.1) is 0 Å². The maximum absolute atomic E-state index is 13.1. The van der Waals surface area contributed by atoms with Gasteiger partial charge in [-0.05, 0) is 62.6 Å². The molecule has 1 atom stereocenters. The fraction of sp³-hybridized carbons (Fsp3) is 0.609. The maximum atomic E-state index is 13.1. The highest BCUT2D eigenvalue weighted by molar-refractivity contribution is 6.31. The number of rotatable bonds is 5. The van der Waals surface area contributed by atoms with Gasteiger partial charge in [0.25, 0.3) is 5.91 Å². The normalized spacial score (nSPS) is 23.2. The first-order valence-corrected chi connectivity index (χ1v) is 11.5. The van der Waals surface area contributed by atoms with Crippen LogP contribution < -0.4 is 4.74 Å². The molecule has 1 aromatic heterocycles. The average Bonchev–Trinajstić information content (AvgIpc) is 3.53. The van der Waals surface area contributed by atoms with Crippen molar-refractivity contribution in [3.05, 3.63) is 40.5 Å². The van der Waals surface area contributed by atoms with Gasteiger partial charge < -0.3 is 18.9 Å². The van der Waals surface area contributed by atoms with E-state index in [-0.39, 0.29) is 11.5 Å². The molecule has 1 unspecified atom stereocenters. The summed E-state index contributed by atoms with van der Waals surface area (Å²) >= 11 is 6.11. The molecule has 8 heteroatoms. The Kier molecular flexibility index (Phi) is 5.65. The Morgan fingerprint density at radius 3 is 2.84 bits per heavy atom. The first-order valence-electron chi connectivity index (χ1n) is 11.1. The van der Waals surface area contributed by atoms with Gasteiger partial charge in [-0.1, -0.05) is 16.8 Å². The van der Waals surface area contributed by atoms with E-state index in [9.17, 15) is 4.79 Å². The van der Waals surface area contributed by atoms with Crippen molar-refractivity contribution >= 4 is 17.5 Å². The van der Waals surface area contributed by atoms with Crippen LogP contribution in [0.25, 0.3) is 0 Å².